The summed E-state index contributed by atoms with van der Waals surface area (Å²) < 4.78 is 23.3. The molecule has 0 radical (unpaired) electrons. The van der Waals surface area contributed by atoms with Crippen molar-refractivity contribution in [2.75, 3.05) is 24.6 Å². The zero-order valence-electron chi connectivity index (χ0n) is 9.22. The third-order valence-corrected chi connectivity index (χ3v) is 5.69. The standard InChI is InChI=1S/C10H17N3O2S/c11-9-12-6-10(3-4-16(14,15)7-10)13(9)5-8-1-2-8/h8H,1-7H2,(H2,11,12). The number of guanidine groups is 1. The Hall–Kier alpha value is -0.780. The van der Waals surface area contributed by atoms with E-state index >= 15 is 0 Å². The first-order chi connectivity index (χ1) is 7.51. The Labute approximate surface area is 95.6 Å². The molecular formula is C10H17N3O2S. The monoisotopic (exact) mass is 243 g/mol. The highest BCUT2D eigenvalue weighted by molar-refractivity contribution is 7.91. The van der Waals surface area contributed by atoms with Gasteiger partial charge in [-0.3, -0.25) is 4.99 Å². The van der Waals surface area contributed by atoms with Gasteiger partial charge in [0.1, 0.15) is 0 Å². The minimum Gasteiger partial charge on any atom is -0.370 e. The number of nitrogens with zero attached hydrogens (tertiary/aromatic N) is 2. The SMILES string of the molecule is NC1=NCC2(CCS(=O)(=O)C2)N1CC1CC1. The molecule has 0 aromatic carbocycles. The second-order valence-electron chi connectivity index (χ2n) is 5.29. The molecule has 16 heavy (non-hydrogen) atoms. The van der Waals surface area contributed by atoms with Crippen molar-refractivity contribution in [1.82, 2.24) is 4.90 Å². The Morgan fingerprint density at radius 3 is 2.81 bits per heavy atom. The summed E-state index contributed by atoms with van der Waals surface area (Å²) in [7, 11) is -2.88. The molecule has 1 saturated carbocycles. The molecule has 2 fully saturated rings. The van der Waals surface area contributed by atoms with E-state index in [9.17, 15) is 8.42 Å². The van der Waals surface area contributed by atoms with Crippen LogP contribution in [0.1, 0.15) is 19.3 Å². The molecule has 0 bridgehead atoms. The summed E-state index contributed by atoms with van der Waals surface area (Å²) >= 11 is 0. The molecule has 0 aromatic rings. The number of nitrogens with two attached hydrogens (primary N) is 1. The van der Waals surface area contributed by atoms with Gasteiger partial charge in [0.2, 0.25) is 0 Å². The number of sulfone groups is 1. The first-order valence-electron chi connectivity index (χ1n) is 5.79. The van der Waals surface area contributed by atoms with Crippen LogP contribution in [0.2, 0.25) is 0 Å². The first-order valence-corrected chi connectivity index (χ1v) is 7.61. The van der Waals surface area contributed by atoms with Crippen LogP contribution in [0.5, 0.6) is 0 Å². The lowest BCUT2D eigenvalue weighted by Gasteiger charge is -2.35. The number of aliphatic imine (C=N–C) groups is 1. The topological polar surface area (TPSA) is 75.8 Å². The van der Waals surface area contributed by atoms with Crippen molar-refractivity contribution in [3.63, 3.8) is 0 Å². The molecule has 2 heterocycles. The van der Waals surface area contributed by atoms with Crippen LogP contribution in [0.3, 0.4) is 0 Å². The highest BCUT2D eigenvalue weighted by Crippen LogP contribution is 2.38. The van der Waals surface area contributed by atoms with Crippen molar-refractivity contribution in [2.45, 2.75) is 24.8 Å². The molecule has 3 rings (SSSR count). The molecule has 1 aliphatic carbocycles. The quantitative estimate of drug-likeness (QED) is 0.715. The summed E-state index contributed by atoms with van der Waals surface area (Å²) in [6, 6.07) is 0. The third kappa shape index (κ3) is 1.59. The summed E-state index contributed by atoms with van der Waals surface area (Å²) in [4.78, 5) is 6.32. The molecule has 1 unspecified atom stereocenters. The molecular weight excluding hydrogens is 226 g/mol. The molecule has 1 saturated heterocycles. The number of hydrogen-bond donors (Lipinski definition) is 1. The third-order valence-electron chi connectivity index (χ3n) is 3.89. The van der Waals surface area contributed by atoms with Gasteiger partial charge >= 0.3 is 0 Å². The summed E-state index contributed by atoms with van der Waals surface area (Å²) in [6.45, 7) is 1.45. The van der Waals surface area contributed by atoms with Crippen molar-refractivity contribution < 1.29 is 8.42 Å². The van der Waals surface area contributed by atoms with E-state index in [1.165, 1.54) is 12.8 Å². The molecule has 0 amide bonds. The average molecular weight is 243 g/mol. The van der Waals surface area contributed by atoms with Crippen molar-refractivity contribution in [2.24, 2.45) is 16.6 Å². The van der Waals surface area contributed by atoms with E-state index in [0.717, 1.165) is 6.54 Å². The van der Waals surface area contributed by atoms with E-state index in [2.05, 4.69) is 9.89 Å². The predicted molar refractivity (Wildman–Crippen MR) is 61.9 cm³/mol. The van der Waals surface area contributed by atoms with Gasteiger partial charge in [-0.25, -0.2) is 8.42 Å². The van der Waals surface area contributed by atoms with Crippen LogP contribution in [-0.2, 0) is 9.84 Å². The van der Waals surface area contributed by atoms with E-state index in [-0.39, 0.29) is 17.0 Å². The summed E-state index contributed by atoms with van der Waals surface area (Å²) in [5.41, 5.74) is 5.58. The lowest BCUT2D eigenvalue weighted by molar-refractivity contribution is 0.221. The Morgan fingerprint density at radius 1 is 1.50 bits per heavy atom. The highest BCUT2D eigenvalue weighted by atomic mass is 32.2. The van der Waals surface area contributed by atoms with E-state index in [1.807, 2.05) is 0 Å². The summed E-state index contributed by atoms with van der Waals surface area (Å²) in [5, 5.41) is 0. The van der Waals surface area contributed by atoms with Gasteiger partial charge in [-0.2, -0.15) is 0 Å². The largest absolute Gasteiger partial charge is 0.370 e. The lowest BCUT2D eigenvalue weighted by Crippen LogP contribution is -2.53. The van der Waals surface area contributed by atoms with Crippen LogP contribution in [-0.4, -0.2) is 49.4 Å². The number of rotatable bonds is 2. The maximum absolute atomic E-state index is 11.6. The zero-order valence-corrected chi connectivity index (χ0v) is 10.0. The Balaban J connectivity index is 1.84. The van der Waals surface area contributed by atoms with E-state index in [1.54, 1.807) is 0 Å². The fourth-order valence-corrected chi connectivity index (χ4v) is 4.77. The molecule has 6 heteroatoms. The second kappa shape index (κ2) is 3.12. The molecule has 2 N–H and O–H groups in total. The van der Waals surface area contributed by atoms with Gasteiger partial charge in [0.05, 0.1) is 23.6 Å². The first kappa shape index (κ1) is 10.4. The van der Waals surface area contributed by atoms with Crippen LogP contribution < -0.4 is 5.73 Å². The fraction of sp³-hybridized carbons (Fsp3) is 0.900. The number of hydrogen-bond acceptors (Lipinski definition) is 5. The van der Waals surface area contributed by atoms with E-state index < -0.39 is 9.84 Å². The van der Waals surface area contributed by atoms with Crippen LogP contribution in [0, 0.1) is 5.92 Å². The van der Waals surface area contributed by atoms with Crippen LogP contribution >= 0.6 is 0 Å². The van der Waals surface area contributed by atoms with Crippen LogP contribution in [0.25, 0.3) is 0 Å². The van der Waals surface area contributed by atoms with Crippen molar-refractivity contribution in [3.05, 3.63) is 0 Å². The van der Waals surface area contributed by atoms with Gasteiger partial charge < -0.3 is 10.6 Å². The maximum Gasteiger partial charge on any atom is 0.191 e. The summed E-state index contributed by atoms with van der Waals surface area (Å²) in [5.74, 6) is 1.77. The molecule has 1 spiro atoms. The van der Waals surface area contributed by atoms with Gasteiger partial charge in [-0.05, 0) is 25.2 Å². The Morgan fingerprint density at radius 2 is 2.25 bits per heavy atom. The smallest absolute Gasteiger partial charge is 0.191 e. The van der Waals surface area contributed by atoms with Gasteiger partial charge in [-0.15, -0.1) is 0 Å². The second-order valence-corrected chi connectivity index (χ2v) is 7.48. The van der Waals surface area contributed by atoms with Crippen LogP contribution in [0.15, 0.2) is 4.99 Å². The fourth-order valence-electron chi connectivity index (χ4n) is 2.72. The van der Waals surface area contributed by atoms with Crippen molar-refractivity contribution >= 4 is 15.8 Å². The van der Waals surface area contributed by atoms with Gasteiger partial charge in [0.15, 0.2) is 15.8 Å². The Bertz CT molecular complexity index is 441. The molecule has 5 nitrogen and oxygen atoms in total. The Kier molecular flexibility index (Phi) is 2.02. The van der Waals surface area contributed by atoms with E-state index in [0.29, 0.717) is 24.8 Å². The normalized spacial score (nSPS) is 37.0. The average Bonchev–Trinajstić information content (AvgIpc) is 2.91. The van der Waals surface area contributed by atoms with Gasteiger partial charge in [0, 0.05) is 6.54 Å². The minimum absolute atomic E-state index is 0.233. The molecule has 3 aliphatic rings. The molecule has 1 atom stereocenters. The van der Waals surface area contributed by atoms with Gasteiger partial charge in [-0.1, -0.05) is 0 Å². The zero-order chi connectivity index (χ0) is 11.4. The molecule has 90 valence electrons. The van der Waals surface area contributed by atoms with Crippen molar-refractivity contribution in [3.8, 4) is 0 Å². The van der Waals surface area contributed by atoms with Gasteiger partial charge in [0.25, 0.3) is 0 Å². The lowest BCUT2D eigenvalue weighted by atomic mass is 9.98. The highest BCUT2D eigenvalue weighted by Gasteiger charge is 2.51. The van der Waals surface area contributed by atoms with Crippen LogP contribution in [0.4, 0.5) is 0 Å². The van der Waals surface area contributed by atoms with E-state index in [4.69, 9.17) is 5.73 Å². The minimum atomic E-state index is -2.88. The molecule has 0 aromatic heterocycles. The molecule has 2 aliphatic heterocycles. The van der Waals surface area contributed by atoms with Crippen molar-refractivity contribution in [1.29, 1.82) is 0 Å². The maximum atomic E-state index is 11.6. The predicted octanol–water partition coefficient (Wildman–Crippen LogP) is -0.416. The summed E-state index contributed by atoms with van der Waals surface area (Å²) in [6.07, 6.45) is 3.17.